The number of benzene rings is 1. The maximum absolute atomic E-state index is 5.58. The second-order valence-corrected chi connectivity index (χ2v) is 5.84. The van der Waals surface area contributed by atoms with Gasteiger partial charge >= 0.3 is 0 Å². The molecular formula is C17H28N2. The lowest BCUT2D eigenvalue weighted by Crippen LogP contribution is -2.24. The minimum absolute atomic E-state index is 0.740. The number of hydrogen-bond acceptors (Lipinski definition) is 2. The van der Waals surface area contributed by atoms with Crippen molar-refractivity contribution < 1.29 is 0 Å². The summed E-state index contributed by atoms with van der Waals surface area (Å²) in [5, 5.41) is 0. The van der Waals surface area contributed by atoms with Gasteiger partial charge in [0.15, 0.2) is 0 Å². The van der Waals surface area contributed by atoms with E-state index in [4.69, 9.17) is 5.73 Å². The molecule has 1 heterocycles. The summed E-state index contributed by atoms with van der Waals surface area (Å²) in [6.07, 6.45) is 6.50. The van der Waals surface area contributed by atoms with Gasteiger partial charge in [-0.15, -0.1) is 0 Å². The third kappa shape index (κ3) is 4.63. The molecule has 1 fully saturated rings. The zero-order valence-corrected chi connectivity index (χ0v) is 12.3. The van der Waals surface area contributed by atoms with E-state index < -0.39 is 0 Å². The standard InChI is InChI=1S/C17H28N2/c1-2-15-4-3-12-19(13-10-15)14-17-7-5-16(6-8-17)9-11-18/h5-8,15H,2-4,9-14,18H2,1H3. The Labute approximate surface area is 118 Å². The van der Waals surface area contributed by atoms with Crippen LogP contribution < -0.4 is 5.73 Å². The predicted octanol–water partition coefficient (Wildman–Crippen LogP) is 3.20. The van der Waals surface area contributed by atoms with Crippen LogP contribution in [0.25, 0.3) is 0 Å². The Morgan fingerprint density at radius 2 is 1.84 bits per heavy atom. The van der Waals surface area contributed by atoms with Crippen LogP contribution in [0.2, 0.25) is 0 Å². The first-order valence-electron chi connectivity index (χ1n) is 7.82. The predicted molar refractivity (Wildman–Crippen MR) is 82.1 cm³/mol. The number of nitrogens with two attached hydrogens (primary N) is 1. The molecule has 2 N–H and O–H groups in total. The van der Waals surface area contributed by atoms with E-state index in [1.54, 1.807) is 0 Å². The molecule has 0 aromatic heterocycles. The molecular weight excluding hydrogens is 232 g/mol. The summed E-state index contributed by atoms with van der Waals surface area (Å²) in [7, 11) is 0. The molecule has 0 radical (unpaired) electrons. The van der Waals surface area contributed by atoms with Gasteiger partial charge in [0.2, 0.25) is 0 Å². The highest BCUT2D eigenvalue weighted by Gasteiger charge is 2.15. The van der Waals surface area contributed by atoms with E-state index in [1.165, 1.54) is 49.9 Å². The van der Waals surface area contributed by atoms with Crippen molar-refractivity contribution >= 4 is 0 Å². The number of likely N-dealkylation sites (tertiary alicyclic amines) is 1. The first-order valence-corrected chi connectivity index (χ1v) is 7.82. The van der Waals surface area contributed by atoms with Gasteiger partial charge in [0.1, 0.15) is 0 Å². The summed E-state index contributed by atoms with van der Waals surface area (Å²) in [4.78, 5) is 2.62. The molecule has 0 aliphatic carbocycles. The van der Waals surface area contributed by atoms with Crippen LogP contribution in [0, 0.1) is 5.92 Å². The third-order valence-electron chi connectivity index (χ3n) is 4.38. The Morgan fingerprint density at radius 3 is 2.53 bits per heavy atom. The molecule has 19 heavy (non-hydrogen) atoms. The quantitative estimate of drug-likeness (QED) is 0.881. The molecule has 0 saturated carbocycles. The maximum atomic E-state index is 5.58. The van der Waals surface area contributed by atoms with Crippen LogP contribution in [-0.2, 0) is 13.0 Å². The van der Waals surface area contributed by atoms with Crippen molar-refractivity contribution in [3.8, 4) is 0 Å². The fourth-order valence-corrected chi connectivity index (χ4v) is 3.03. The third-order valence-corrected chi connectivity index (χ3v) is 4.38. The average molecular weight is 260 g/mol. The van der Waals surface area contributed by atoms with Gasteiger partial charge in [0.25, 0.3) is 0 Å². The van der Waals surface area contributed by atoms with Gasteiger partial charge in [-0.2, -0.15) is 0 Å². The minimum atomic E-state index is 0.740. The lowest BCUT2D eigenvalue weighted by atomic mass is 9.98. The molecule has 0 spiro atoms. The van der Waals surface area contributed by atoms with E-state index >= 15 is 0 Å². The van der Waals surface area contributed by atoms with Crippen LogP contribution in [0.15, 0.2) is 24.3 Å². The molecule has 1 atom stereocenters. The minimum Gasteiger partial charge on any atom is -0.330 e. The van der Waals surface area contributed by atoms with Gasteiger partial charge in [0.05, 0.1) is 0 Å². The lowest BCUT2D eigenvalue weighted by molar-refractivity contribution is 0.272. The van der Waals surface area contributed by atoms with E-state index in [-0.39, 0.29) is 0 Å². The summed E-state index contributed by atoms with van der Waals surface area (Å²) in [6.45, 7) is 6.71. The highest BCUT2D eigenvalue weighted by Crippen LogP contribution is 2.21. The maximum Gasteiger partial charge on any atom is 0.0233 e. The van der Waals surface area contributed by atoms with Crippen molar-refractivity contribution in [3.05, 3.63) is 35.4 Å². The normalized spacial score (nSPS) is 21.3. The zero-order chi connectivity index (χ0) is 13.5. The molecule has 1 saturated heterocycles. The van der Waals surface area contributed by atoms with Crippen molar-refractivity contribution in [1.82, 2.24) is 4.90 Å². The molecule has 1 aliphatic rings. The van der Waals surface area contributed by atoms with Crippen LogP contribution in [0.3, 0.4) is 0 Å². The molecule has 1 aromatic rings. The Hall–Kier alpha value is -0.860. The zero-order valence-electron chi connectivity index (χ0n) is 12.3. The van der Waals surface area contributed by atoms with Crippen LogP contribution in [-0.4, -0.2) is 24.5 Å². The fraction of sp³-hybridized carbons (Fsp3) is 0.647. The second-order valence-electron chi connectivity index (χ2n) is 5.84. The van der Waals surface area contributed by atoms with Gasteiger partial charge in [-0.25, -0.2) is 0 Å². The highest BCUT2D eigenvalue weighted by atomic mass is 15.1. The van der Waals surface area contributed by atoms with Crippen molar-refractivity contribution in [2.24, 2.45) is 11.7 Å². The molecule has 2 nitrogen and oxygen atoms in total. The van der Waals surface area contributed by atoms with Gasteiger partial charge in [-0.05, 0) is 62.4 Å². The van der Waals surface area contributed by atoms with Crippen LogP contribution in [0.4, 0.5) is 0 Å². The average Bonchev–Trinajstić information content (AvgIpc) is 2.66. The number of rotatable bonds is 5. The smallest absolute Gasteiger partial charge is 0.0233 e. The molecule has 1 unspecified atom stereocenters. The van der Waals surface area contributed by atoms with Crippen LogP contribution in [0.5, 0.6) is 0 Å². The van der Waals surface area contributed by atoms with E-state index in [1.807, 2.05) is 0 Å². The van der Waals surface area contributed by atoms with Gasteiger partial charge < -0.3 is 5.73 Å². The lowest BCUT2D eigenvalue weighted by Gasteiger charge is -2.20. The molecule has 106 valence electrons. The second kappa shape index (κ2) is 7.66. The van der Waals surface area contributed by atoms with Crippen LogP contribution >= 0.6 is 0 Å². The number of hydrogen-bond donors (Lipinski definition) is 1. The summed E-state index contributed by atoms with van der Waals surface area (Å²) < 4.78 is 0. The van der Waals surface area contributed by atoms with Crippen molar-refractivity contribution in [2.45, 2.75) is 45.6 Å². The Kier molecular flexibility index (Phi) is 5.87. The van der Waals surface area contributed by atoms with E-state index in [2.05, 4.69) is 36.1 Å². The fourth-order valence-electron chi connectivity index (χ4n) is 3.03. The molecule has 0 amide bonds. The topological polar surface area (TPSA) is 29.3 Å². The molecule has 1 aliphatic heterocycles. The summed E-state index contributed by atoms with van der Waals surface area (Å²) in [5.41, 5.74) is 8.38. The van der Waals surface area contributed by atoms with Gasteiger partial charge in [-0.1, -0.05) is 37.6 Å². The summed E-state index contributed by atoms with van der Waals surface area (Å²) in [6, 6.07) is 9.00. The van der Waals surface area contributed by atoms with E-state index in [0.29, 0.717) is 0 Å². The van der Waals surface area contributed by atoms with E-state index in [9.17, 15) is 0 Å². The molecule has 2 rings (SSSR count). The van der Waals surface area contributed by atoms with Gasteiger partial charge in [0, 0.05) is 6.54 Å². The van der Waals surface area contributed by atoms with Gasteiger partial charge in [-0.3, -0.25) is 4.90 Å². The first kappa shape index (κ1) is 14.5. The number of nitrogens with zero attached hydrogens (tertiary/aromatic N) is 1. The Balaban J connectivity index is 1.86. The molecule has 1 aromatic carbocycles. The van der Waals surface area contributed by atoms with Crippen LogP contribution in [0.1, 0.15) is 43.7 Å². The van der Waals surface area contributed by atoms with Crippen molar-refractivity contribution in [1.29, 1.82) is 0 Å². The Morgan fingerprint density at radius 1 is 1.11 bits per heavy atom. The SMILES string of the molecule is CCC1CCCN(Cc2ccc(CCN)cc2)CC1. The van der Waals surface area contributed by atoms with Crippen molar-refractivity contribution in [2.75, 3.05) is 19.6 Å². The van der Waals surface area contributed by atoms with E-state index in [0.717, 1.165) is 25.4 Å². The monoisotopic (exact) mass is 260 g/mol. The largest absolute Gasteiger partial charge is 0.330 e. The molecule has 2 heteroatoms. The summed E-state index contributed by atoms with van der Waals surface area (Å²) in [5.74, 6) is 0.955. The summed E-state index contributed by atoms with van der Waals surface area (Å²) >= 11 is 0. The Bertz CT molecular complexity index is 358. The first-order chi connectivity index (χ1) is 9.31. The molecule has 0 bridgehead atoms. The van der Waals surface area contributed by atoms with Crippen molar-refractivity contribution in [3.63, 3.8) is 0 Å². The highest BCUT2D eigenvalue weighted by molar-refractivity contribution is 5.22.